The standard InChI is InChI=1S/C15H19N5O/c1-11(2)10-16-13-8-9-14(20-19-13)18-15(21)17-12-6-4-3-5-7-12/h3-9,11H,10H2,1-2H3,(H,16,19)(H2,17,18,20,21). The zero-order valence-electron chi connectivity index (χ0n) is 12.1. The highest BCUT2D eigenvalue weighted by Gasteiger charge is 2.04. The van der Waals surface area contributed by atoms with Crippen molar-refractivity contribution < 1.29 is 4.79 Å². The highest BCUT2D eigenvalue weighted by atomic mass is 16.2. The van der Waals surface area contributed by atoms with Gasteiger partial charge in [0.15, 0.2) is 5.82 Å². The lowest BCUT2D eigenvalue weighted by molar-refractivity contribution is 0.262. The van der Waals surface area contributed by atoms with Crippen molar-refractivity contribution in [2.45, 2.75) is 13.8 Å². The topological polar surface area (TPSA) is 78.9 Å². The summed E-state index contributed by atoms with van der Waals surface area (Å²) in [7, 11) is 0. The quantitative estimate of drug-likeness (QED) is 0.788. The van der Waals surface area contributed by atoms with E-state index in [2.05, 4.69) is 40.0 Å². The van der Waals surface area contributed by atoms with Gasteiger partial charge in [-0.2, -0.15) is 0 Å². The summed E-state index contributed by atoms with van der Waals surface area (Å²) in [4.78, 5) is 11.8. The first kappa shape index (κ1) is 14.8. The van der Waals surface area contributed by atoms with E-state index in [-0.39, 0.29) is 6.03 Å². The Morgan fingerprint density at radius 3 is 2.29 bits per heavy atom. The van der Waals surface area contributed by atoms with Gasteiger partial charge in [-0.1, -0.05) is 32.0 Å². The fraction of sp³-hybridized carbons (Fsp3) is 0.267. The van der Waals surface area contributed by atoms with Gasteiger partial charge in [-0.15, -0.1) is 10.2 Å². The lowest BCUT2D eigenvalue weighted by atomic mass is 10.2. The Balaban J connectivity index is 1.86. The summed E-state index contributed by atoms with van der Waals surface area (Å²) in [5, 5.41) is 16.5. The number of nitrogens with zero attached hydrogens (tertiary/aromatic N) is 2. The van der Waals surface area contributed by atoms with Crippen LogP contribution in [0.15, 0.2) is 42.5 Å². The minimum absolute atomic E-state index is 0.349. The summed E-state index contributed by atoms with van der Waals surface area (Å²) in [6.45, 7) is 5.06. The monoisotopic (exact) mass is 285 g/mol. The number of aromatic nitrogens is 2. The Bertz CT molecular complexity index is 568. The van der Waals surface area contributed by atoms with Gasteiger partial charge in [-0.25, -0.2) is 4.79 Å². The predicted molar refractivity (Wildman–Crippen MR) is 84.4 cm³/mol. The first-order valence-electron chi connectivity index (χ1n) is 6.84. The zero-order chi connectivity index (χ0) is 15.1. The first-order chi connectivity index (χ1) is 10.1. The number of anilines is 3. The van der Waals surface area contributed by atoms with E-state index in [1.807, 2.05) is 30.3 Å². The van der Waals surface area contributed by atoms with Gasteiger partial charge in [0.2, 0.25) is 0 Å². The van der Waals surface area contributed by atoms with Crippen LogP contribution in [0.5, 0.6) is 0 Å². The molecule has 1 heterocycles. The van der Waals surface area contributed by atoms with Gasteiger partial charge < -0.3 is 10.6 Å². The molecule has 6 heteroatoms. The number of carbonyl (C=O) groups excluding carboxylic acids is 1. The molecule has 0 aliphatic carbocycles. The molecular weight excluding hydrogens is 266 g/mol. The largest absolute Gasteiger partial charge is 0.368 e. The van der Waals surface area contributed by atoms with Gasteiger partial charge in [0.25, 0.3) is 0 Å². The van der Waals surface area contributed by atoms with E-state index in [0.717, 1.165) is 12.2 Å². The summed E-state index contributed by atoms with van der Waals surface area (Å²) in [5.41, 5.74) is 0.721. The molecule has 1 aromatic carbocycles. The van der Waals surface area contributed by atoms with Gasteiger partial charge in [-0.3, -0.25) is 5.32 Å². The van der Waals surface area contributed by atoms with E-state index >= 15 is 0 Å². The number of urea groups is 1. The molecule has 3 N–H and O–H groups in total. The molecule has 0 bridgehead atoms. The maximum atomic E-state index is 11.8. The molecule has 0 atom stereocenters. The molecule has 0 saturated heterocycles. The molecule has 110 valence electrons. The average Bonchev–Trinajstić information content (AvgIpc) is 2.47. The molecule has 6 nitrogen and oxygen atoms in total. The lowest BCUT2D eigenvalue weighted by Gasteiger charge is -2.09. The summed E-state index contributed by atoms with van der Waals surface area (Å²) < 4.78 is 0. The maximum absolute atomic E-state index is 11.8. The van der Waals surface area contributed by atoms with E-state index in [1.54, 1.807) is 12.1 Å². The van der Waals surface area contributed by atoms with Crippen LogP contribution in [0.2, 0.25) is 0 Å². The minimum Gasteiger partial charge on any atom is -0.368 e. The van der Waals surface area contributed by atoms with Crippen molar-refractivity contribution in [3.05, 3.63) is 42.5 Å². The van der Waals surface area contributed by atoms with Crippen molar-refractivity contribution in [1.82, 2.24) is 10.2 Å². The average molecular weight is 285 g/mol. The van der Waals surface area contributed by atoms with Crippen molar-refractivity contribution in [3.8, 4) is 0 Å². The number of carbonyl (C=O) groups is 1. The van der Waals surface area contributed by atoms with Crippen LogP contribution in [0.4, 0.5) is 22.1 Å². The lowest BCUT2D eigenvalue weighted by Crippen LogP contribution is -2.20. The fourth-order valence-electron chi connectivity index (χ4n) is 1.60. The van der Waals surface area contributed by atoms with E-state index in [9.17, 15) is 4.79 Å². The molecule has 0 saturated carbocycles. The second-order valence-corrected chi connectivity index (χ2v) is 5.02. The van der Waals surface area contributed by atoms with E-state index in [1.165, 1.54) is 0 Å². The SMILES string of the molecule is CC(C)CNc1ccc(NC(=O)Nc2ccccc2)nn1. The van der Waals surface area contributed by atoms with E-state index in [0.29, 0.717) is 17.6 Å². The smallest absolute Gasteiger partial charge is 0.324 e. The molecular formula is C15H19N5O. The van der Waals surface area contributed by atoms with Crippen molar-refractivity contribution in [2.24, 2.45) is 5.92 Å². The summed E-state index contributed by atoms with van der Waals surface area (Å²) in [5.74, 6) is 1.62. The third-order valence-corrected chi connectivity index (χ3v) is 2.63. The van der Waals surface area contributed by atoms with Crippen molar-refractivity contribution in [2.75, 3.05) is 22.5 Å². The number of nitrogens with one attached hydrogen (secondary N) is 3. The zero-order valence-corrected chi connectivity index (χ0v) is 12.1. The van der Waals surface area contributed by atoms with Crippen LogP contribution in [0.25, 0.3) is 0 Å². The fourth-order valence-corrected chi connectivity index (χ4v) is 1.60. The molecule has 2 rings (SSSR count). The van der Waals surface area contributed by atoms with Crippen LogP contribution in [-0.4, -0.2) is 22.8 Å². The normalized spacial score (nSPS) is 10.2. The highest BCUT2D eigenvalue weighted by Crippen LogP contribution is 2.09. The van der Waals surface area contributed by atoms with Gasteiger partial charge in [0.1, 0.15) is 5.82 Å². The molecule has 0 spiro atoms. The summed E-state index contributed by atoms with van der Waals surface area (Å²) in [6, 6.07) is 12.4. The Hall–Kier alpha value is -2.63. The Morgan fingerprint density at radius 1 is 1.00 bits per heavy atom. The maximum Gasteiger partial charge on any atom is 0.324 e. The van der Waals surface area contributed by atoms with Crippen LogP contribution < -0.4 is 16.0 Å². The molecule has 1 aromatic heterocycles. The Kier molecular flexibility index (Phi) is 5.09. The number of amides is 2. The minimum atomic E-state index is -0.349. The van der Waals surface area contributed by atoms with Crippen molar-refractivity contribution in [3.63, 3.8) is 0 Å². The van der Waals surface area contributed by atoms with Crippen LogP contribution in [0, 0.1) is 5.92 Å². The molecule has 0 radical (unpaired) electrons. The number of benzene rings is 1. The third-order valence-electron chi connectivity index (χ3n) is 2.63. The van der Waals surface area contributed by atoms with E-state index < -0.39 is 0 Å². The Morgan fingerprint density at radius 2 is 1.67 bits per heavy atom. The molecule has 2 amide bonds. The first-order valence-corrected chi connectivity index (χ1v) is 6.84. The van der Waals surface area contributed by atoms with Gasteiger partial charge >= 0.3 is 6.03 Å². The molecule has 0 aliphatic heterocycles. The second kappa shape index (κ2) is 7.23. The second-order valence-electron chi connectivity index (χ2n) is 5.02. The molecule has 0 fully saturated rings. The molecule has 21 heavy (non-hydrogen) atoms. The Labute approximate surface area is 124 Å². The third kappa shape index (κ3) is 5.10. The number of hydrogen-bond acceptors (Lipinski definition) is 4. The van der Waals surface area contributed by atoms with Crippen molar-refractivity contribution >= 4 is 23.4 Å². The number of hydrogen-bond donors (Lipinski definition) is 3. The van der Waals surface area contributed by atoms with Crippen LogP contribution in [0.3, 0.4) is 0 Å². The van der Waals surface area contributed by atoms with Crippen LogP contribution >= 0.6 is 0 Å². The predicted octanol–water partition coefficient (Wildman–Crippen LogP) is 3.19. The molecule has 0 unspecified atom stereocenters. The highest BCUT2D eigenvalue weighted by molar-refractivity contribution is 5.99. The van der Waals surface area contributed by atoms with Crippen LogP contribution in [0.1, 0.15) is 13.8 Å². The van der Waals surface area contributed by atoms with Gasteiger partial charge in [0.05, 0.1) is 0 Å². The molecule has 2 aromatic rings. The van der Waals surface area contributed by atoms with Crippen LogP contribution in [-0.2, 0) is 0 Å². The van der Waals surface area contributed by atoms with Gasteiger partial charge in [-0.05, 0) is 30.2 Å². The van der Waals surface area contributed by atoms with Gasteiger partial charge in [0, 0.05) is 12.2 Å². The number of rotatable bonds is 5. The molecule has 0 aliphatic rings. The van der Waals surface area contributed by atoms with Crippen molar-refractivity contribution in [1.29, 1.82) is 0 Å². The van der Waals surface area contributed by atoms with E-state index in [4.69, 9.17) is 0 Å². The summed E-state index contributed by atoms with van der Waals surface area (Å²) >= 11 is 0. The summed E-state index contributed by atoms with van der Waals surface area (Å²) in [6.07, 6.45) is 0. The number of para-hydroxylation sites is 1.